The van der Waals surface area contributed by atoms with E-state index in [4.69, 9.17) is 0 Å². The van der Waals surface area contributed by atoms with E-state index in [1.165, 1.54) is 62.6 Å². The summed E-state index contributed by atoms with van der Waals surface area (Å²) < 4.78 is 3.59. The van der Waals surface area contributed by atoms with Gasteiger partial charge in [-0.15, -0.1) is 11.3 Å². The molecular formula is C12H17Br3S. The van der Waals surface area contributed by atoms with Crippen molar-refractivity contribution in [2.24, 2.45) is 0 Å². The van der Waals surface area contributed by atoms with Crippen molar-refractivity contribution in [2.75, 3.05) is 0 Å². The van der Waals surface area contributed by atoms with Crippen molar-refractivity contribution in [1.82, 2.24) is 0 Å². The van der Waals surface area contributed by atoms with E-state index in [1.54, 1.807) is 0 Å². The maximum Gasteiger partial charge on any atom is 0.0855 e. The van der Waals surface area contributed by atoms with Crippen LogP contribution in [0.3, 0.4) is 0 Å². The first-order valence-electron chi connectivity index (χ1n) is 5.79. The van der Waals surface area contributed by atoms with Crippen LogP contribution in [0.25, 0.3) is 0 Å². The van der Waals surface area contributed by atoms with Crippen LogP contribution in [-0.2, 0) is 6.42 Å². The highest BCUT2D eigenvalue weighted by Gasteiger charge is 2.11. The molecule has 0 aliphatic rings. The Morgan fingerprint density at radius 3 is 2.06 bits per heavy atom. The van der Waals surface area contributed by atoms with Crippen LogP contribution in [0.1, 0.15) is 50.3 Å². The average molecular weight is 433 g/mol. The van der Waals surface area contributed by atoms with Crippen molar-refractivity contribution in [3.8, 4) is 0 Å². The number of rotatable bonds is 7. The predicted molar refractivity (Wildman–Crippen MR) is 84.5 cm³/mol. The fraction of sp³-hybridized carbons (Fsp3) is 0.667. The van der Waals surface area contributed by atoms with Crippen LogP contribution < -0.4 is 0 Å². The zero-order valence-electron chi connectivity index (χ0n) is 9.49. The van der Waals surface area contributed by atoms with Crippen molar-refractivity contribution in [1.29, 1.82) is 0 Å². The van der Waals surface area contributed by atoms with E-state index in [1.807, 2.05) is 11.3 Å². The lowest BCUT2D eigenvalue weighted by atomic mass is 10.1. The molecule has 1 heterocycles. The normalized spacial score (nSPS) is 11.0. The summed E-state index contributed by atoms with van der Waals surface area (Å²) in [6.45, 7) is 2.26. The van der Waals surface area contributed by atoms with Crippen molar-refractivity contribution in [3.05, 3.63) is 17.6 Å². The highest BCUT2D eigenvalue weighted by Crippen LogP contribution is 2.41. The summed E-state index contributed by atoms with van der Waals surface area (Å²) in [6.07, 6.45) is 9.37. The standard InChI is InChI=1S/C12H17Br3S/c1-2-3-4-5-6-7-8-9-10(13)11(14)12(15)16-9/h2-8H2,1H3. The minimum Gasteiger partial charge on any atom is -0.131 e. The monoisotopic (exact) mass is 430 g/mol. The summed E-state index contributed by atoms with van der Waals surface area (Å²) in [5, 5.41) is 0. The lowest BCUT2D eigenvalue weighted by molar-refractivity contribution is 0.609. The van der Waals surface area contributed by atoms with Gasteiger partial charge in [-0.3, -0.25) is 0 Å². The van der Waals surface area contributed by atoms with E-state index >= 15 is 0 Å². The minimum absolute atomic E-state index is 1.17. The maximum atomic E-state index is 3.63. The molecule has 0 nitrogen and oxygen atoms in total. The van der Waals surface area contributed by atoms with Gasteiger partial charge in [0, 0.05) is 9.35 Å². The third-order valence-electron chi connectivity index (χ3n) is 2.58. The zero-order valence-corrected chi connectivity index (χ0v) is 15.1. The third kappa shape index (κ3) is 4.79. The number of hydrogen-bond acceptors (Lipinski definition) is 1. The molecule has 1 aromatic rings. The molecular weight excluding hydrogens is 416 g/mol. The van der Waals surface area contributed by atoms with Gasteiger partial charge in [-0.25, -0.2) is 0 Å². The van der Waals surface area contributed by atoms with Gasteiger partial charge in [-0.05, 0) is 60.6 Å². The summed E-state index contributed by atoms with van der Waals surface area (Å²) in [4.78, 5) is 1.45. The SMILES string of the molecule is CCCCCCCCc1sc(Br)c(Br)c1Br. The lowest BCUT2D eigenvalue weighted by Crippen LogP contribution is -1.83. The first-order chi connectivity index (χ1) is 7.66. The van der Waals surface area contributed by atoms with Gasteiger partial charge < -0.3 is 0 Å². The van der Waals surface area contributed by atoms with E-state index in [2.05, 4.69) is 54.7 Å². The molecule has 1 aromatic heterocycles. The second-order valence-corrected chi connectivity index (χ2v) is 7.95. The Morgan fingerprint density at radius 1 is 0.875 bits per heavy atom. The number of aryl methyl sites for hydroxylation is 1. The second-order valence-electron chi connectivity index (χ2n) is 3.94. The molecule has 4 heteroatoms. The molecule has 0 aromatic carbocycles. The Kier molecular flexibility index (Phi) is 7.86. The third-order valence-corrected chi connectivity index (χ3v) is 7.76. The van der Waals surface area contributed by atoms with Crippen molar-refractivity contribution >= 4 is 59.1 Å². The molecule has 0 aliphatic heterocycles. The van der Waals surface area contributed by atoms with Crippen molar-refractivity contribution in [2.45, 2.75) is 51.9 Å². The smallest absolute Gasteiger partial charge is 0.0855 e. The summed E-state index contributed by atoms with van der Waals surface area (Å²) in [7, 11) is 0. The first kappa shape index (κ1) is 15.2. The molecule has 0 saturated carbocycles. The van der Waals surface area contributed by atoms with Gasteiger partial charge in [0.2, 0.25) is 0 Å². The van der Waals surface area contributed by atoms with E-state index in [9.17, 15) is 0 Å². The molecule has 16 heavy (non-hydrogen) atoms. The Balaban J connectivity index is 2.24. The van der Waals surface area contributed by atoms with Gasteiger partial charge in [0.15, 0.2) is 0 Å². The van der Waals surface area contributed by atoms with Crippen LogP contribution in [-0.4, -0.2) is 0 Å². The topological polar surface area (TPSA) is 0 Å². The molecule has 0 bridgehead atoms. The summed E-state index contributed by atoms with van der Waals surface area (Å²) in [5.74, 6) is 0. The molecule has 0 radical (unpaired) electrons. The average Bonchev–Trinajstić information content (AvgIpc) is 2.51. The molecule has 0 saturated heterocycles. The number of unbranched alkanes of at least 4 members (excludes halogenated alkanes) is 5. The van der Waals surface area contributed by atoms with Crippen LogP contribution in [0.2, 0.25) is 0 Å². The fourth-order valence-corrected chi connectivity index (χ4v) is 4.91. The van der Waals surface area contributed by atoms with Crippen molar-refractivity contribution < 1.29 is 0 Å². The maximum absolute atomic E-state index is 3.63. The van der Waals surface area contributed by atoms with Crippen LogP contribution >= 0.6 is 59.1 Å². The Bertz CT molecular complexity index is 320. The van der Waals surface area contributed by atoms with Gasteiger partial charge in [-0.1, -0.05) is 39.0 Å². The highest BCUT2D eigenvalue weighted by molar-refractivity contribution is 9.14. The molecule has 0 atom stereocenters. The number of thiophene rings is 1. The Labute approximate surface area is 128 Å². The van der Waals surface area contributed by atoms with E-state index in [0.717, 1.165) is 0 Å². The van der Waals surface area contributed by atoms with Crippen LogP contribution in [0.5, 0.6) is 0 Å². The van der Waals surface area contributed by atoms with Gasteiger partial charge >= 0.3 is 0 Å². The lowest BCUT2D eigenvalue weighted by Gasteiger charge is -2.00. The van der Waals surface area contributed by atoms with Crippen LogP contribution in [0.4, 0.5) is 0 Å². The second kappa shape index (κ2) is 8.28. The van der Waals surface area contributed by atoms with Crippen LogP contribution in [0, 0.1) is 0 Å². The quantitative estimate of drug-likeness (QED) is 0.409. The summed E-state index contributed by atoms with van der Waals surface area (Å²) in [5.41, 5.74) is 0. The number of halogens is 3. The molecule has 1 rings (SSSR count). The largest absolute Gasteiger partial charge is 0.131 e. The van der Waals surface area contributed by atoms with E-state index < -0.39 is 0 Å². The zero-order chi connectivity index (χ0) is 12.0. The van der Waals surface area contributed by atoms with Gasteiger partial charge in [0.1, 0.15) is 0 Å². The van der Waals surface area contributed by atoms with Gasteiger partial charge in [0.25, 0.3) is 0 Å². The molecule has 0 spiro atoms. The van der Waals surface area contributed by atoms with E-state index in [-0.39, 0.29) is 0 Å². The summed E-state index contributed by atoms with van der Waals surface area (Å²) in [6, 6.07) is 0. The molecule has 0 N–H and O–H groups in total. The highest BCUT2D eigenvalue weighted by atomic mass is 79.9. The first-order valence-corrected chi connectivity index (χ1v) is 8.98. The molecule has 0 aliphatic carbocycles. The predicted octanol–water partition coefficient (Wildman–Crippen LogP) is 6.94. The number of hydrogen-bond donors (Lipinski definition) is 0. The summed E-state index contributed by atoms with van der Waals surface area (Å²) >= 11 is 12.6. The Hall–Kier alpha value is 1.14. The van der Waals surface area contributed by atoms with Crippen molar-refractivity contribution in [3.63, 3.8) is 0 Å². The van der Waals surface area contributed by atoms with E-state index in [0.29, 0.717) is 0 Å². The molecule has 0 amide bonds. The van der Waals surface area contributed by atoms with Gasteiger partial charge in [-0.2, -0.15) is 0 Å². The minimum atomic E-state index is 1.17. The Morgan fingerprint density at radius 2 is 1.50 bits per heavy atom. The molecule has 0 fully saturated rings. The molecule has 92 valence electrons. The molecule has 0 unspecified atom stereocenters. The van der Waals surface area contributed by atoms with Crippen LogP contribution in [0.15, 0.2) is 12.7 Å². The fourth-order valence-electron chi connectivity index (χ4n) is 1.63. The van der Waals surface area contributed by atoms with Gasteiger partial charge in [0.05, 0.1) is 8.26 Å².